The molecular weight excluding hydrogens is 355 g/mol. The SMILES string of the molecule is N[C@H]1CCCC[C@@H]1CNc1nc(-c2c[nH]c3ncc(Cl)cc23)ncc1F. The van der Waals surface area contributed by atoms with Crippen LogP contribution in [0.5, 0.6) is 0 Å². The average molecular weight is 375 g/mol. The van der Waals surface area contributed by atoms with Gasteiger partial charge in [-0.1, -0.05) is 24.4 Å². The van der Waals surface area contributed by atoms with E-state index in [4.69, 9.17) is 17.3 Å². The summed E-state index contributed by atoms with van der Waals surface area (Å²) in [7, 11) is 0. The van der Waals surface area contributed by atoms with E-state index in [2.05, 4.69) is 25.3 Å². The molecule has 4 N–H and O–H groups in total. The predicted molar refractivity (Wildman–Crippen MR) is 101 cm³/mol. The minimum absolute atomic E-state index is 0.155. The van der Waals surface area contributed by atoms with Gasteiger partial charge < -0.3 is 16.0 Å². The molecule has 6 nitrogen and oxygen atoms in total. The van der Waals surface area contributed by atoms with E-state index in [1.54, 1.807) is 18.5 Å². The Hall–Kier alpha value is -2.25. The number of H-pyrrole nitrogens is 1. The van der Waals surface area contributed by atoms with Gasteiger partial charge in [-0.25, -0.2) is 19.3 Å². The van der Waals surface area contributed by atoms with Gasteiger partial charge in [-0.2, -0.15) is 0 Å². The minimum Gasteiger partial charge on any atom is -0.367 e. The Morgan fingerprint density at radius 2 is 2.12 bits per heavy atom. The number of pyridine rings is 1. The number of rotatable bonds is 4. The number of fused-ring (bicyclic) bond motifs is 1. The standard InChI is InChI=1S/C18H20ClFN6/c19-11-5-12-13(8-24-16(12)23-7-11)17-25-9-14(20)18(26-17)22-6-10-3-1-2-4-15(10)21/h5,7-10,15H,1-4,6,21H2,(H,23,24)(H,22,25,26)/t10-,15+/m1/s1. The van der Waals surface area contributed by atoms with Crippen molar-refractivity contribution in [3.63, 3.8) is 0 Å². The lowest BCUT2D eigenvalue weighted by molar-refractivity contribution is 0.321. The largest absolute Gasteiger partial charge is 0.367 e. The van der Waals surface area contributed by atoms with Crippen LogP contribution in [0, 0.1) is 11.7 Å². The lowest BCUT2D eigenvalue weighted by Crippen LogP contribution is -2.37. The van der Waals surface area contributed by atoms with Crippen molar-refractivity contribution in [1.29, 1.82) is 0 Å². The number of aromatic nitrogens is 4. The number of aromatic amines is 1. The summed E-state index contributed by atoms with van der Waals surface area (Å²) in [5, 5.41) is 4.43. The molecular formula is C18H20ClFN6. The number of nitrogens with two attached hydrogens (primary N) is 1. The first-order valence-corrected chi connectivity index (χ1v) is 9.14. The molecule has 26 heavy (non-hydrogen) atoms. The Balaban J connectivity index is 1.60. The monoisotopic (exact) mass is 374 g/mol. The molecule has 1 aliphatic rings. The highest BCUT2D eigenvalue weighted by Gasteiger charge is 2.22. The Labute approximate surface area is 155 Å². The fourth-order valence-corrected chi connectivity index (χ4v) is 3.66. The second kappa shape index (κ2) is 7.17. The van der Waals surface area contributed by atoms with Crippen LogP contribution in [-0.2, 0) is 0 Å². The van der Waals surface area contributed by atoms with Gasteiger partial charge in [-0.05, 0) is 24.8 Å². The molecule has 0 aliphatic heterocycles. The van der Waals surface area contributed by atoms with Crippen LogP contribution in [0.15, 0.2) is 24.7 Å². The molecule has 1 fully saturated rings. The first-order chi connectivity index (χ1) is 12.6. The van der Waals surface area contributed by atoms with Crippen molar-refractivity contribution in [2.45, 2.75) is 31.7 Å². The molecule has 8 heteroatoms. The summed E-state index contributed by atoms with van der Waals surface area (Å²) in [5.74, 6) is 0.459. The molecule has 0 aromatic carbocycles. The quantitative estimate of drug-likeness (QED) is 0.646. The first kappa shape index (κ1) is 17.2. The molecule has 0 amide bonds. The van der Waals surface area contributed by atoms with Gasteiger partial charge in [0.2, 0.25) is 0 Å². The molecule has 3 aromatic heterocycles. The first-order valence-electron chi connectivity index (χ1n) is 8.77. The van der Waals surface area contributed by atoms with Gasteiger partial charge in [0.05, 0.1) is 11.2 Å². The molecule has 136 valence electrons. The van der Waals surface area contributed by atoms with Crippen LogP contribution in [0.1, 0.15) is 25.7 Å². The van der Waals surface area contributed by atoms with E-state index < -0.39 is 5.82 Å². The summed E-state index contributed by atoms with van der Waals surface area (Å²) < 4.78 is 14.2. The van der Waals surface area contributed by atoms with E-state index in [0.717, 1.165) is 23.8 Å². The van der Waals surface area contributed by atoms with Crippen LogP contribution in [0.2, 0.25) is 5.02 Å². The maximum Gasteiger partial charge on any atom is 0.183 e. The Bertz CT molecular complexity index is 927. The Morgan fingerprint density at radius 3 is 2.96 bits per heavy atom. The van der Waals surface area contributed by atoms with Crippen molar-refractivity contribution in [3.05, 3.63) is 35.5 Å². The normalized spacial score (nSPS) is 20.4. The van der Waals surface area contributed by atoms with E-state index in [-0.39, 0.29) is 11.9 Å². The molecule has 0 spiro atoms. The molecule has 0 bridgehead atoms. The lowest BCUT2D eigenvalue weighted by Gasteiger charge is -2.28. The third-order valence-electron chi connectivity index (χ3n) is 4.98. The third kappa shape index (κ3) is 3.37. The van der Waals surface area contributed by atoms with E-state index in [1.807, 2.05) is 0 Å². The van der Waals surface area contributed by atoms with Crippen LogP contribution < -0.4 is 11.1 Å². The van der Waals surface area contributed by atoms with Crippen LogP contribution in [0.3, 0.4) is 0 Å². The minimum atomic E-state index is -0.478. The van der Waals surface area contributed by atoms with E-state index >= 15 is 0 Å². The van der Waals surface area contributed by atoms with E-state index in [9.17, 15) is 4.39 Å². The third-order valence-corrected chi connectivity index (χ3v) is 5.19. The van der Waals surface area contributed by atoms with Crippen molar-refractivity contribution in [2.24, 2.45) is 11.7 Å². The Kier molecular flexibility index (Phi) is 4.74. The van der Waals surface area contributed by atoms with Crippen molar-refractivity contribution in [1.82, 2.24) is 19.9 Å². The van der Waals surface area contributed by atoms with Gasteiger partial charge in [-0.15, -0.1) is 0 Å². The number of anilines is 1. The van der Waals surface area contributed by atoms with Crippen molar-refractivity contribution >= 4 is 28.5 Å². The predicted octanol–water partition coefficient (Wildman–Crippen LogP) is 3.74. The summed E-state index contributed by atoms with van der Waals surface area (Å²) in [4.78, 5) is 15.8. The molecule has 3 heterocycles. The number of nitrogens with one attached hydrogen (secondary N) is 2. The summed E-state index contributed by atoms with van der Waals surface area (Å²) in [6.07, 6.45) is 8.91. The van der Waals surface area contributed by atoms with Gasteiger partial charge in [0.15, 0.2) is 17.5 Å². The fraction of sp³-hybridized carbons (Fsp3) is 0.389. The maximum atomic E-state index is 14.2. The van der Waals surface area contributed by atoms with Gasteiger partial charge in [0.1, 0.15) is 5.65 Å². The maximum absolute atomic E-state index is 14.2. The zero-order valence-corrected chi connectivity index (χ0v) is 14.9. The number of hydrogen-bond donors (Lipinski definition) is 3. The highest BCUT2D eigenvalue weighted by molar-refractivity contribution is 6.31. The van der Waals surface area contributed by atoms with E-state index in [0.29, 0.717) is 29.0 Å². The molecule has 0 unspecified atom stereocenters. The van der Waals surface area contributed by atoms with Gasteiger partial charge in [0, 0.05) is 35.9 Å². The summed E-state index contributed by atoms with van der Waals surface area (Å²) >= 11 is 6.04. The molecule has 4 rings (SSSR count). The van der Waals surface area contributed by atoms with E-state index in [1.165, 1.54) is 19.0 Å². The van der Waals surface area contributed by atoms with Crippen molar-refractivity contribution in [3.8, 4) is 11.4 Å². The van der Waals surface area contributed by atoms with Crippen LogP contribution in [0.25, 0.3) is 22.4 Å². The second-order valence-corrected chi connectivity index (χ2v) is 7.17. The zero-order chi connectivity index (χ0) is 18.1. The van der Waals surface area contributed by atoms with Gasteiger partial charge in [0.25, 0.3) is 0 Å². The average Bonchev–Trinajstić information content (AvgIpc) is 3.05. The smallest absolute Gasteiger partial charge is 0.183 e. The van der Waals surface area contributed by atoms with Crippen molar-refractivity contribution < 1.29 is 4.39 Å². The van der Waals surface area contributed by atoms with Gasteiger partial charge >= 0.3 is 0 Å². The molecule has 0 radical (unpaired) electrons. The number of halogens is 2. The molecule has 1 aliphatic carbocycles. The highest BCUT2D eigenvalue weighted by Crippen LogP contribution is 2.28. The molecule has 1 saturated carbocycles. The fourth-order valence-electron chi connectivity index (χ4n) is 3.50. The van der Waals surface area contributed by atoms with Crippen LogP contribution in [0.4, 0.5) is 10.2 Å². The molecule has 2 atom stereocenters. The summed E-state index contributed by atoms with van der Waals surface area (Å²) in [6, 6.07) is 1.94. The molecule has 0 saturated heterocycles. The second-order valence-electron chi connectivity index (χ2n) is 6.73. The molecule has 3 aromatic rings. The number of nitrogens with zero attached hydrogens (tertiary/aromatic N) is 3. The van der Waals surface area contributed by atoms with Gasteiger partial charge in [-0.3, -0.25) is 0 Å². The summed E-state index contributed by atoms with van der Waals surface area (Å²) in [5.41, 5.74) is 7.58. The lowest BCUT2D eigenvalue weighted by atomic mass is 9.85. The summed E-state index contributed by atoms with van der Waals surface area (Å²) in [6.45, 7) is 0.607. The number of hydrogen-bond acceptors (Lipinski definition) is 5. The van der Waals surface area contributed by atoms with Crippen molar-refractivity contribution in [2.75, 3.05) is 11.9 Å². The van der Waals surface area contributed by atoms with Crippen LogP contribution >= 0.6 is 11.6 Å². The Morgan fingerprint density at radius 1 is 1.27 bits per heavy atom. The zero-order valence-electron chi connectivity index (χ0n) is 14.2. The van der Waals surface area contributed by atoms with Crippen LogP contribution in [-0.4, -0.2) is 32.5 Å². The highest BCUT2D eigenvalue weighted by atomic mass is 35.5. The topological polar surface area (TPSA) is 92.5 Å².